The fraction of sp³-hybridized carbons (Fsp3) is 0.562. The summed E-state index contributed by atoms with van der Waals surface area (Å²) in [7, 11) is 1.88. The molecule has 1 spiro atoms. The first-order chi connectivity index (χ1) is 8.83. The molecule has 0 aromatic heterocycles. The Kier molecular flexibility index (Phi) is 2.98. The molecule has 96 valence electrons. The molecule has 0 bridgehead atoms. The topological polar surface area (TPSA) is 21.6 Å². The molecule has 1 saturated carbocycles. The molecule has 2 nitrogen and oxygen atoms in total. The summed E-state index contributed by atoms with van der Waals surface area (Å²) in [5.41, 5.74) is 1.39. The van der Waals surface area contributed by atoms with Gasteiger partial charge in [0.25, 0.3) is 0 Å². The van der Waals surface area contributed by atoms with Crippen LogP contribution in [-0.2, 0) is 10.2 Å². The Hall–Kier alpha value is -1.15. The summed E-state index contributed by atoms with van der Waals surface area (Å²) in [6, 6.07) is 10.8. The van der Waals surface area contributed by atoms with Gasteiger partial charge >= 0.3 is 0 Å². The molecular weight excluding hydrogens is 222 g/mol. The van der Waals surface area contributed by atoms with E-state index in [4.69, 9.17) is 4.74 Å². The van der Waals surface area contributed by atoms with Gasteiger partial charge in [-0.15, -0.1) is 0 Å². The highest BCUT2D eigenvalue weighted by atomic mass is 16.5. The van der Waals surface area contributed by atoms with Gasteiger partial charge in [0.2, 0.25) is 0 Å². The second kappa shape index (κ2) is 4.51. The van der Waals surface area contributed by atoms with Gasteiger partial charge < -0.3 is 4.74 Å². The minimum absolute atomic E-state index is 0.000486. The number of nitrogens with zero attached hydrogens (tertiary/aromatic N) is 1. The number of rotatable bonds is 2. The average Bonchev–Trinajstić information content (AvgIpc) is 2.39. The second-order valence-corrected chi connectivity index (χ2v) is 5.52. The van der Waals surface area contributed by atoms with Gasteiger partial charge in [-0.3, -0.25) is 4.99 Å². The molecule has 1 heterocycles. The largest absolute Gasteiger partial charge is 0.373 e. The standard InChI is InChI=1S/C16H21NO/c1-17-13-15(14-7-3-2-4-8-14)9-5-6-10-16(15)11-12-18-16/h2-4,7-8,13H,5-6,9-12H2,1H3/t15-,16?/m0/s1. The van der Waals surface area contributed by atoms with E-state index in [0.29, 0.717) is 0 Å². The van der Waals surface area contributed by atoms with Crippen LogP contribution in [0.1, 0.15) is 37.7 Å². The van der Waals surface area contributed by atoms with Gasteiger partial charge in [0.05, 0.1) is 17.6 Å². The molecule has 2 heteroatoms. The van der Waals surface area contributed by atoms with Gasteiger partial charge in [-0.05, 0) is 18.4 Å². The van der Waals surface area contributed by atoms with Gasteiger partial charge in [-0.1, -0.05) is 43.2 Å². The summed E-state index contributed by atoms with van der Waals surface area (Å²) in [6.07, 6.45) is 8.22. The number of ether oxygens (including phenoxy) is 1. The van der Waals surface area contributed by atoms with Crippen molar-refractivity contribution in [3.05, 3.63) is 35.9 Å². The highest BCUT2D eigenvalue weighted by Gasteiger charge is 2.57. The van der Waals surface area contributed by atoms with Crippen LogP contribution in [0.25, 0.3) is 0 Å². The minimum atomic E-state index is -0.000486. The Balaban J connectivity index is 2.10. The lowest BCUT2D eigenvalue weighted by atomic mass is 9.57. The highest BCUT2D eigenvalue weighted by Crippen LogP contribution is 2.53. The third kappa shape index (κ3) is 1.55. The number of benzene rings is 1. The predicted molar refractivity (Wildman–Crippen MR) is 74.3 cm³/mol. The molecule has 18 heavy (non-hydrogen) atoms. The summed E-state index contributed by atoms with van der Waals surface area (Å²) in [5, 5.41) is 0. The first kappa shape index (κ1) is 11.9. The van der Waals surface area contributed by atoms with Crippen LogP contribution in [0, 0.1) is 0 Å². The Morgan fingerprint density at radius 2 is 1.83 bits per heavy atom. The average molecular weight is 243 g/mol. The van der Waals surface area contributed by atoms with E-state index in [-0.39, 0.29) is 11.0 Å². The van der Waals surface area contributed by atoms with Crippen LogP contribution in [0.4, 0.5) is 0 Å². The molecule has 1 aromatic carbocycles. The van der Waals surface area contributed by atoms with Gasteiger partial charge in [-0.2, -0.15) is 0 Å². The van der Waals surface area contributed by atoms with Crippen molar-refractivity contribution in [3.8, 4) is 0 Å². The first-order valence-corrected chi connectivity index (χ1v) is 6.96. The van der Waals surface area contributed by atoms with Crippen LogP contribution in [0.3, 0.4) is 0 Å². The molecule has 2 fully saturated rings. The Morgan fingerprint density at radius 1 is 1.11 bits per heavy atom. The van der Waals surface area contributed by atoms with Crippen molar-refractivity contribution in [1.29, 1.82) is 0 Å². The van der Waals surface area contributed by atoms with E-state index >= 15 is 0 Å². The number of hydrogen-bond acceptors (Lipinski definition) is 2. The quantitative estimate of drug-likeness (QED) is 0.730. The van der Waals surface area contributed by atoms with Crippen LogP contribution in [-0.4, -0.2) is 25.5 Å². The molecule has 1 aromatic rings. The molecule has 2 aliphatic rings. The molecule has 0 radical (unpaired) electrons. The van der Waals surface area contributed by atoms with E-state index in [1.54, 1.807) is 0 Å². The van der Waals surface area contributed by atoms with E-state index in [1.807, 2.05) is 7.05 Å². The lowest BCUT2D eigenvalue weighted by molar-refractivity contribution is -0.191. The molecule has 2 atom stereocenters. The summed E-state index contributed by atoms with van der Waals surface area (Å²) >= 11 is 0. The Labute approximate surface area is 109 Å². The van der Waals surface area contributed by atoms with Gasteiger partial charge in [-0.25, -0.2) is 0 Å². The maximum absolute atomic E-state index is 6.09. The van der Waals surface area contributed by atoms with Gasteiger partial charge in [0.15, 0.2) is 0 Å². The fourth-order valence-corrected chi connectivity index (χ4v) is 3.78. The fourth-order valence-electron chi connectivity index (χ4n) is 3.78. The summed E-state index contributed by atoms with van der Waals surface area (Å²) in [4.78, 5) is 4.38. The van der Waals surface area contributed by atoms with Crippen molar-refractivity contribution >= 4 is 6.21 Å². The lowest BCUT2D eigenvalue weighted by Crippen LogP contribution is -2.62. The normalized spacial score (nSPS) is 35.8. The lowest BCUT2D eigenvalue weighted by Gasteiger charge is -2.57. The molecule has 1 aliphatic carbocycles. The molecular formula is C16H21NO. The van der Waals surface area contributed by atoms with Crippen molar-refractivity contribution in [2.45, 2.75) is 43.1 Å². The maximum atomic E-state index is 6.09. The molecule has 1 saturated heterocycles. The van der Waals surface area contributed by atoms with Crippen LogP contribution < -0.4 is 0 Å². The van der Waals surface area contributed by atoms with Crippen molar-refractivity contribution in [2.75, 3.05) is 13.7 Å². The molecule has 3 rings (SSSR count). The first-order valence-electron chi connectivity index (χ1n) is 6.96. The number of aliphatic imine (C=N–C) groups is 1. The zero-order valence-corrected chi connectivity index (χ0v) is 11.1. The third-order valence-corrected chi connectivity index (χ3v) is 4.74. The van der Waals surface area contributed by atoms with Crippen molar-refractivity contribution < 1.29 is 4.74 Å². The summed E-state index contributed by atoms with van der Waals surface area (Å²) < 4.78 is 6.09. The van der Waals surface area contributed by atoms with Crippen molar-refractivity contribution in [3.63, 3.8) is 0 Å². The summed E-state index contributed by atoms with van der Waals surface area (Å²) in [5.74, 6) is 0. The monoisotopic (exact) mass is 243 g/mol. The molecule has 1 aliphatic heterocycles. The Bertz CT molecular complexity index is 436. The predicted octanol–water partition coefficient (Wildman–Crippen LogP) is 3.36. The second-order valence-electron chi connectivity index (χ2n) is 5.52. The van der Waals surface area contributed by atoms with Crippen LogP contribution in [0.15, 0.2) is 35.3 Å². The van der Waals surface area contributed by atoms with Crippen LogP contribution in [0.2, 0.25) is 0 Å². The van der Waals surface area contributed by atoms with E-state index in [1.165, 1.54) is 31.2 Å². The van der Waals surface area contributed by atoms with Crippen molar-refractivity contribution in [1.82, 2.24) is 0 Å². The van der Waals surface area contributed by atoms with E-state index in [0.717, 1.165) is 13.0 Å². The molecule has 0 amide bonds. The smallest absolute Gasteiger partial charge is 0.0850 e. The highest BCUT2D eigenvalue weighted by molar-refractivity contribution is 5.76. The number of hydrogen-bond donors (Lipinski definition) is 0. The zero-order chi connectivity index (χ0) is 12.5. The van der Waals surface area contributed by atoms with Crippen LogP contribution in [0.5, 0.6) is 0 Å². The van der Waals surface area contributed by atoms with E-state index in [9.17, 15) is 0 Å². The summed E-state index contributed by atoms with van der Waals surface area (Å²) in [6.45, 7) is 0.909. The van der Waals surface area contributed by atoms with Crippen LogP contribution >= 0.6 is 0 Å². The maximum Gasteiger partial charge on any atom is 0.0850 e. The molecule has 1 unspecified atom stereocenters. The minimum Gasteiger partial charge on any atom is -0.373 e. The molecule has 0 N–H and O–H groups in total. The van der Waals surface area contributed by atoms with E-state index < -0.39 is 0 Å². The third-order valence-electron chi connectivity index (χ3n) is 4.74. The SMILES string of the molecule is CN=C[C@]1(c2ccccc2)CCCCC12CCO2. The Morgan fingerprint density at radius 3 is 2.44 bits per heavy atom. The van der Waals surface area contributed by atoms with Gasteiger partial charge in [0.1, 0.15) is 0 Å². The zero-order valence-electron chi connectivity index (χ0n) is 11.1. The van der Waals surface area contributed by atoms with E-state index in [2.05, 4.69) is 41.5 Å². The van der Waals surface area contributed by atoms with Gasteiger partial charge in [0, 0.05) is 19.7 Å². The van der Waals surface area contributed by atoms with Crippen molar-refractivity contribution in [2.24, 2.45) is 4.99 Å².